The highest BCUT2D eigenvalue weighted by Crippen LogP contribution is 2.21. The molecule has 1 aromatic rings. The third-order valence-corrected chi connectivity index (χ3v) is 3.68. The van der Waals surface area contributed by atoms with Crippen LogP contribution in [0.1, 0.15) is 24.8 Å². The van der Waals surface area contributed by atoms with Gasteiger partial charge in [0.1, 0.15) is 12.4 Å². The van der Waals surface area contributed by atoms with Crippen LogP contribution in [0.5, 0.6) is 5.75 Å². The Morgan fingerprint density at radius 1 is 1.24 bits per heavy atom. The van der Waals surface area contributed by atoms with Crippen molar-refractivity contribution >= 4 is 11.6 Å². The van der Waals surface area contributed by atoms with Gasteiger partial charge in [0.25, 0.3) is 0 Å². The average molecular weight is 254 g/mol. The van der Waals surface area contributed by atoms with Crippen LogP contribution in [0.15, 0.2) is 18.2 Å². The molecule has 0 saturated carbocycles. The molecule has 94 valence electrons. The van der Waals surface area contributed by atoms with Crippen molar-refractivity contribution in [1.82, 2.24) is 4.90 Å². The Morgan fingerprint density at radius 2 is 2.00 bits per heavy atom. The maximum absolute atomic E-state index is 5.97. The molecular weight excluding hydrogens is 234 g/mol. The van der Waals surface area contributed by atoms with E-state index in [4.69, 9.17) is 16.3 Å². The van der Waals surface area contributed by atoms with Crippen LogP contribution in [0.25, 0.3) is 0 Å². The smallest absolute Gasteiger partial charge is 0.119 e. The van der Waals surface area contributed by atoms with Gasteiger partial charge in [-0.15, -0.1) is 0 Å². The van der Waals surface area contributed by atoms with Gasteiger partial charge in [-0.3, -0.25) is 4.90 Å². The van der Waals surface area contributed by atoms with Gasteiger partial charge in [0.05, 0.1) is 0 Å². The Balaban J connectivity index is 1.75. The molecule has 0 aromatic heterocycles. The lowest BCUT2D eigenvalue weighted by atomic mass is 10.1. The maximum Gasteiger partial charge on any atom is 0.119 e. The van der Waals surface area contributed by atoms with E-state index in [1.165, 1.54) is 32.4 Å². The number of aryl methyl sites for hydroxylation is 1. The summed E-state index contributed by atoms with van der Waals surface area (Å²) in [4.78, 5) is 2.48. The van der Waals surface area contributed by atoms with E-state index in [2.05, 4.69) is 4.90 Å². The van der Waals surface area contributed by atoms with Crippen LogP contribution < -0.4 is 4.74 Å². The van der Waals surface area contributed by atoms with E-state index in [9.17, 15) is 0 Å². The summed E-state index contributed by atoms with van der Waals surface area (Å²) >= 11 is 5.97. The molecule has 1 fully saturated rings. The average Bonchev–Trinajstić information content (AvgIpc) is 2.35. The first-order chi connectivity index (χ1) is 8.25. The second-order valence-electron chi connectivity index (χ2n) is 4.66. The maximum atomic E-state index is 5.97. The monoisotopic (exact) mass is 253 g/mol. The zero-order valence-corrected chi connectivity index (χ0v) is 11.2. The van der Waals surface area contributed by atoms with Crippen molar-refractivity contribution in [3.8, 4) is 5.75 Å². The van der Waals surface area contributed by atoms with E-state index in [0.29, 0.717) is 0 Å². The molecule has 3 heteroatoms. The molecule has 0 amide bonds. The predicted octanol–water partition coefficient (Wildman–Crippen LogP) is 3.51. The molecule has 0 atom stereocenters. The van der Waals surface area contributed by atoms with Gasteiger partial charge >= 0.3 is 0 Å². The minimum Gasteiger partial charge on any atom is -0.492 e. The molecule has 1 aliphatic rings. The fourth-order valence-electron chi connectivity index (χ4n) is 2.18. The van der Waals surface area contributed by atoms with Crippen LogP contribution in [-0.2, 0) is 0 Å². The summed E-state index contributed by atoms with van der Waals surface area (Å²) in [5.41, 5.74) is 1.07. The molecule has 1 heterocycles. The predicted molar refractivity (Wildman–Crippen MR) is 72.0 cm³/mol. The Hall–Kier alpha value is -0.730. The molecule has 0 bridgehead atoms. The number of piperidine rings is 1. The van der Waals surface area contributed by atoms with E-state index in [0.717, 1.165) is 29.5 Å². The molecule has 0 aliphatic carbocycles. The van der Waals surface area contributed by atoms with Crippen LogP contribution in [-0.4, -0.2) is 31.1 Å². The lowest BCUT2D eigenvalue weighted by Crippen LogP contribution is -2.33. The molecule has 2 rings (SSSR count). The molecule has 1 saturated heterocycles. The first-order valence-electron chi connectivity index (χ1n) is 6.37. The molecule has 0 spiro atoms. The fraction of sp³-hybridized carbons (Fsp3) is 0.571. The Kier molecular flexibility index (Phi) is 4.69. The summed E-state index contributed by atoms with van der Waals surface area (Å²) in [7, 11) is 0. The molecular formula is C14H20ClNO. The number of likely N-dealkylation sites (tertiary alicyclic amines) is 1. The Labute approximate surface area is 109 Å². The number of benzene rings is 1. The molecule has 0 unspecified atom stereocenters. The Bertz CT molecular complexity index is 361. The van der Waals surface area contributed by atoms with Crippen LogP contribution in [0.2, 0.25) is 5.02 Å². The molecule has 1 aliphatic heterocycles. The highest BCUT2D eigenvalue weighted by Gasteiger charge is 2.09. The van der Waals surface area contributed by atoms with Gasteiger partial charge in [-0.1, -0.05) is 18.0 Å². The van der Waals surface area contributed by atoms with E-state index >= 15 is 0 Å². The van der Waals surface area contributed by atoms with Gasteiger partial charge in [-0.05, 0) is 56.6 Å². The van der Waals surface area contributed by atoms with Crippen molar-refractivity contribution in [2.45, 2.75) is 26.2 Å². The van der Waals surface area contributed by atoms with Crippen LogP contribution in [0.4, 0.5) is 0 Å². The molecule has 1 aromatic carbocycles. The highest BCUT2D eigenvalue weighted by molar-refractivity contribution is 6.31. The largest absolute Gasteiger partial charge is 0.492 e. The highest BCUT2D eigenvalue weighted by atomic mass is 35.5. The summed E-state index contributed by atoms with van der Waals surface area (Å²) in [6.07, 6.45) is 4.05. The van der Waals surface area contributed by atoms with Crippen molar-refractivity contribution in [1.29, 1.82) is 0 Å². The first kappa shape index (κ1) is 12.7. The van der Waals surface area contributed by atoms with Gasteiger partial charge in [0.15, 0.2) is 0 Å². The summed E-state index contributed by atoms with van der Waals surface area (Å²) in [5.74, 6) is 0.920. The zero-order chi connectivity index (χ0) is 12.1. The lowest BCUT2D eigenvalue weighted by molar-refractivity contribution is 0.183. The summed E-state index contributed by atoms with van der Waals surface area (Å²) in [5, 5.41) is 0.799. The van der Waals surface area contributed by atoms with Crippen molar-refractivity contribution < 1.29 is 4.74 Å². The number of rotatable bonds is 4. The van der Waals surface area contributed by atoms with Crippen molar-refractivity contribution in [3.63, 3.8) is 0 Å². The zero-order valence-electron chi connectivity index (χ0n) is 10.4. The molecule has 0 N–H and O–H groups in total. The lowest BCUT2D eigenvalue weighted by Gasteiger charge is -2.26. The standard InChI is InChI=1S/C14H20ClNO/c1-12-11-13(5-6-14(12)15)17-10-9-16-7-3-2-4-8-16/h5-6,11H,2-4,7-10H2,1H3. The Morgan fingerprint density at radius 3 is 2.71 bits per heavy atom. The molecule has 0 radical (unpaired) electrons. The van der Waals surface area contributed by atoms with Crippen molar-refractivity contribution in [3.05, 3.63) is 28.8 Å². The molecule has 17 heavy (non-hydrogen) atoms. The number of hydrogen-bond donors (Lipinski definition) is 0. The number of ether oxygens (including phenoxy) is 1. The van der Waals surface area contributed by atoms with Crippen LogP contribution in [0.3, 0.4) is 0 Å². The van der Waals surface area contributed by atoms with E-state index in [-0.39, 0.29) is 0 Å². The first-order valence-corrected chi connectivity index (χ1v) is 6.75. The van der Waals surface area contributed by atoms with E-state index < -0.39 is 0 Å². The topological polar surface area (TPSA) is 12.5 Å². The van der Waals surface area contributed by atoms with Crippen molar-refractivity contribution in [2.75, 3.05) is 26.2 Å². The number of halogens is 1. The summed E-state index contributed by atoms with van der Waals surface area (Å²) in [6.45, 7) is 6.24. The third-order valence-electron chi connectivity index (χ3n) is 3.25. The summed E-state index contributed by atoms with van der Waals surface area (Å²) < 4.78 is 5.74. The van der Waals surface area contributed by atoms with E-state index in [1.807, 2.05) is 25.1 Å². The second-order valence-corrected chi connectivity index (χ2v) is 5.07. The summed E-state index contributed by atoms with van der Waals surface area (Å²) in [6, 6.07) is 5.83. The second kappa shape index (κ2) is 6.27. The normalized spacial score (nSPS) is 17.1. The minimum absolute atomic E-state index is 0.765. The van der Waals surface area contributed by atoms with Gasteiger partial charge in [-0.25, -0.2) is 0 Å². The van der Waals surface area contributed by atoms with Gasteiger partial charge in [0, 0.05) is 11.6 Å². The fourth-order valence-corrected chi connectivity index (χ4v) is 2.30. The number of hydrogen-bond acceptors (Lipinski definition) is 2. The number of nitrogens with zero attached hydrogens (tertiary/aromatic N) is 1. The van der Waals surface area contributed by atoms with E-state index in [1.54, 1.807) is 0 Å². The van der Waals surface area contributed by atoms with Gasteiger partial charge in [-0.2, -0.15) is 0 Å². The quantitative estimate of drug-likeness (QED) is 0.814. The van der Waals surface area contributed by atoms with Crippen LogP contribution in [0, 0.1) is 6.92 Å². The SMILES string of the molecule is Cc1cc(OCCN2CCCCC2)ccc1Cl. The van der Waals surface area contributed by atoms with Gasteiger partial charge in [0.2, 0.25) is 0 Å². The van der Waals surface area contributed by atoms with Gasteiger partial charge < -0.3 is 4.74 Å². The minimum atomic E-state index is 0.765. The van der Waals surface area contributed by atoms with Crippen LogP contribution >= 0.6 is 11.6 Å². The molecule has 2 nitrogen and oxygen atoms in total. The third kappa shape index (κ3) is 3.90. The van der Waals surface area contributed by atoms with Crippen molar-refractivity contribution in [2.24, 2.45) is 0 Å².